The second kappa shape index (κ2) is 9.66. The Bertz CT molecular complexity index is 1570. The number of ether oxygens (including phenoxy) is 1. The van der Waals surface area contributed by atoms with Crippen LogP contribution in [-0.2, 0) is 23.3 Å². The first kappa shape index (κ1) is 25.0. The fourth-order valence-corrected chi connectivity index (χ4v) is 6.38. The number of thiophene rings is 1. The van der Waals surface area contributed by atoms with E-state index in [0.29, 0.717) is 52.6 Å². The molecule has 1 aliphatic rings. The zero-order chi connectivity index (χ0) is 26.3. The molecule has 0 unspecified atom stereocenters. The Kier molecular flexibility index (Phi) is 6.53. The molecule has 1 aromatic carbocycles. The van der Waals surface area contributed by atoms with Gasteiger partial charge in [0.25, 0.3) is 5.56 Å². The molecule has 4 aromatic rings. The minimum atomic E-state index is -1.35. The van der Waals surface area contributed by atoms with Crippen LogP contribution in [0.1, 0.15) is 37.8 Å². The number of hydrogen-bond donors (Lipinski definition) is 0. The molecule has 0 N–H and O–H groups in total. The van der Waals surface area contributed by atoms with Crippen molar-refractivity contribution in [2.45, 2.75) is 52.1 Å². The van der Waals surface area contributed by atoms with Crippen molar-refractivity contribution in [2.75, 3.05) is 20.2 Å². The van der Waals surface area contributed by atoms with Crippen molar-refractivity contribution in [3.8, 4) is 16.5 Å². The monoisotopic (exact) mass is 522 g/mol. The van der Waals surface area contributed by atoms with Crippen molar-refractivity contribution >= 4 is 27.5 Å². The van der Waals surface area contributed by atoms with E-state index in [0.717, 1.165) is 28.7 Å². The predicted octanol–water partition coefficient (Wildman–Crippen LogP) is 3.80. The van der Waals surface area contributed by atoms with Gasteiger partial charge in [-0.05, 0) is 57.2 Å². The van der Waals surface area contributed by atoms with E-state index in [1.165, 1.54) is 17.6 Å². The molecular weight excluding hydrogens is 492 g/mol. The van der Waals surface area contributed by atoms with Crippen molar-refractivity contribution in [1.82, 2.24) is 19.0 Å². The number of methoxy groups -OCH3 is 1. The second-order valence-electron chi connectivity index (χ2n) is 9.77. The third-order valence-electron chi connectivity index (χ3n) is 7.11. The Hall–Kier alpha value is -3.66. The molecular formula is C27H30N4O5S. The first-order valence-corrected chi connectivity index (χ1v) is 13.2. The first-order chi connectivity index (χ1) is 17.8. The lowest BCUT2D eigenvalue weighted by Crippen LogP contribution is -2.56. The Morgan fingerprint density at radius 1 is 1.19 bits per heavy atom. The highest BCUT2D eigenvalue weighted by Gasteiger charge is 2.39. The molecule has 0 saturated carbocycles. The Labute approximate surface area is 217 Å². The van der Waals surface area contributed by atoms with Crippen molar-refractivity contribution in [3.05, 3.63) is 68.7 Å². The lowest BCUT2D eigenvalue weighted by atomic mass is 10.0. The number of aryl methyl sites for hydroxylation is 3. The maximum atomic E-state index is 14.0. The SMILES string of the molecule is COc1ccccc1CCn1c(=O)n(C(C)(C)C(=O)N2CCCC2)c(=O)c2c(C)c(-c3ncco3)sc21. The van der Waals surface area contributed by atoms with Crippen LogP contribution in [-0.4, -0.2) is 45.1 Å². The number of fused-ring (bicyclic) bond motifs is 1. The van der Waals surface area contributed by atoms with Crippen LogP contribution in [0.25, 0.3) is 21.0 Å². The largest absolute Gasteiger partial charge is 0.496 e. The standard InChI is InChI=1S/C27H30N4O5S/c1-17-20-23(32)31(27(2,3)25(33)29-13-7-8-14-29)26(34)30(15-11-18-9-5-6-10-19(18)35-4)24(20)37-21(17)22-28-12-16-36-22/h5-6,9-10,12,16H,7-8,11,13-15H2,1-4H3. The minimum Gasteiger partial charge on any atom is -0.496 e. The van der Waals surface area contributed by atoms with Crippen molar-refractivity contribution in [1.29, 1.82) is 0 Å². The number of nitrogens with zero attached hydrogens (tertiary/aromatic N) is 4. The Morgan fingerprint density at radius 3 is 2.59 bits per heavy atom. The van der Waals surface area contributed by atoms with Crippen LogP contribution < -0.4 is 16.0 Å². The quantitative estimate of drug-likeness (QED) is 0.366. The van der Waals surface area contributed by atoms with Crippen LogP contribution in [0.3, 0.4) is 0 Å². The molecule has 37 heavy (non-hydrogen) atoms. The number of benzene rings is 1. The van der Waals surface area contributed by atoms with E-state index in [4.69, 9.17) is 9.15 Å². The summed E-state index contributed by atoms with van der Waals surface area (Å²) in [7, 11) is 1.61. The average Bonchev–Trinajstić information content (AvgIpc) is 3.65. The third kappa shape index (κ3) is 4.19. The molecule has 0 radical (unpaired) electrons. The topological polar surface area (TPSA) is 99.6 Å². The highest BCUT2D eigenvalue weighted by molar-refractivity contribution is 7.22. The van der Waals surface area contributed by atoms with Gasteiger partial charge in [0.15, 0.2) is 0 Å². The molecule has 0 bridgehead atoms. The first-order valence-electron chi connectivity index (χ1n) is 12.4. The summed E-state index contributed by atoms with van der Waals surface area (Å²) in [6.07, 6.45) is 5.36. The van der Waals surface area contributed by atoms with Crippen molar-refractivity contribution in [2.24, 2.45) is 0 Å². The maximum absolute atomic E-state index is 14.0. The maximum Gasteiger partial charge on any atom is 0.333 e. The van der Waals surface area contributed by atoms with Gasteiger partial charge in [-0.1, -0.05) is 18.2 Å². The summed E-state index contributed by atoms with van der Waals surface area (Å²) in [5.41, 5.74) is -0.716. The zero-order valence-corrected chi connectivity index (χ0v) is 22.3. The van der Waals surface area contributed by atoms with Crippen LogP contribution in [0.5, 0.6) is 5.75 Å². The average molecular weight is 523 g/mol. The highest BCUT2D eigenvalue weighted by Crippen LogP contribution is 2.36. The van der Waals surface area contributed by atoms with E-state index in [2.05, 4.69) is 4.98 Å². The van der Waals surface area contributed by atoms with Gasteiger partial charge in [-0.15, -0.1) is 11.3 Å². The molecule has 1 aliphatic heterocycles. The lowest BCUT2D eigenvalue weighted by Gasteiger charge is -2.31. The van der Waals surface area contributed by atoms with Gasteiger partial charge < -0.3 is 14.1 Å². The van der Waals surface area contributed by atoms with Crippen LogP contribution in [0, 0.1) is 6.92 Å². The summed E-state index contributed by atoms with van der Waals surface area (Å²) >= 11 is 1.30. The molecule has 0 spiro atoms. The van der Waals surface area contributed by atoms with E-state index < -0.39 is 16.8 Å². The molecule has 3 aromatic heterocycles. The van der Waals surface area contributed by atoms with E-state index in [-0.39, 0.29) is 5.91 Å². The van der Waals surface area contributed by atoms with Gasteiger partial charge in [0.2, 0.25) is 11.8 Å². The molecule has 9 nitrogen and oxygen atoms in total. The van der Waals surface area contributed by atoms with Gasteiger partial charge >= 0.3 is 5.69 Å². The number of carbonyl (C=O) groups excluding carboxylic acids is 1. The summed E-state index contributed by atoms with van der Waals surface area (Å²) in [4.78, 5) is 48.8. The number of likely N-dealkylation sites (tertiary alicyclic amines) is 1. The molecule has 10 heteroatoms. The fourth-order valence-electron chi connectivity index (χ4n) is 5.12. The van der Waals surface area contributed by atoms with E-state index in [1.807, 2.05) is 31.2 Å². The van der Waals surface area contributed by atoms with Gasteiger partial charge in [0.1, 0.15) is 22.4 Å². The predicted molar refractivity (Wildman–Crippen MR) is 142 cm³/mol. The zero-order valence-electron chi connectivity index (χ0n) is 21.4. The molecule has 1 fully saturated rings. The second-order valence-corrected chi connectivity index (χ2v) is 10.8. The molecule has 0 aliphatic carbocycles. The van der Waals surface area contributed by atoms with Gasteiger partial charge in [-0.25, -0.2) is 14.3 Å². The summed E-state index contributed by atoms with van der Waals surface area (Å²) in [6.45, 7) is 6.70. The fraction of sp³-hybridized carbons (Fsp3) is 0.407. The molecule has 1 saturated heterocycles. The van der Waals surface area contributed by atoms with Crippen LogP contribution in [0.4, 0.5) is 0 Å². The third-order valence-corrected chi connectivity index (χ3v) is 8.41. The van der Waals surface area contributed by atoms with Crippen molar-refractivity contribution < 1.29 is 13.9 Å². The summed E-state index contributed by atoms with van der Waals surface area (Å²) < 4.78 is 13.8. The van der Waals surface area contributed by atoms with Gasteiger partial charge in [0.05, 0.1) is 23.6 Å². The number of para-hydroxylation sites is 1. The number of carbonyl (C=O) groups is 1. The minimum absolute atomic E-state index is 0.222. The van der Waals surface area contributed by atoms with E-state index in [1.54, 1.807) is 36.6 Å². The van der Waals surface area contributed by atoms with Crippen LogP contribution in [0.2, 0.25) is 0 Å². The summed E-state index contributed by atoms with van der Waals surface area (Å²) in [5.74, 6) is 0.897. The lowest BCUT2D eigenvalue weighted by molar-refractivity contribution is -0.138. The molecule has 1 amide bonds. The van der Waals surface area contributed by atoms with Crippen LogP contribution >= 0.6 is 11.3 Å². The van der Waals surface area contributed by atoms with Crippen LogP contribution in [0.15, 0.2) is 50.7 Å². The number of amides is 1. The smallest absolute Gasteiger partial charge is 0.333 e. The highest BCUT2D eigenvalue weighted by atomic mass is 32.1. The molecule has 4 heterocycles. The number of hydrogen-bond acceptors (Lipinski definition) is 7. The normalized spacial score (nSPS) is 14.0. The molecule has 194 valence electrons. The Balaban J connectivity index is 1.72. The van der Waals surface area contributed by atoms with Crippen molar-refractivity contribution in [3.63, 3.8) is 0 Å². The molecule has 5 rings (SSSR count). The number of aromatic nitrogens is 3. The number of rotatable bonds is 7. The van der Waals surface area contributed by atoms with E-state index >= 15 is 0 Å². The summed E-state index contributed by atoms with van der Waals surface area (Å²) in [5, 5.41) is 0.403. The number of oxazole rings is 1. The molecule has 0 atom stereocenters. The van der Waals surface area contributed by atoms with Gasteiger partial charge in [-0.2, -0.15) is 0 Å². The van der Waals surface area contributed by atoms with Gasteiger partial charge in [0, 0.05) is 19.6 Å². The Morgan fingerprint density at radius 2 is 1.92 bits per heavy atom. The summed E-state index contributed by atoms with van der Waals surface area (Å²) in [6, 6.07) is 7.65. The van der Waals surface area contributed by atoms with Gasteiger partial charge in [-0.3, -0.25) is 14.2 Å². The van der Waals surface area contributed by atoms with E-state index in [9.17, 15) is 14.4 Å².